The van der Waals surface area contributed by atoms with Crippen molar-refractivity contribution in [2.75, 3.05) is 18.1 Å². The molecule has 2 aliphatic heterocycles. The van der Waals surface area contributed by atoms with Gasteiger partial charge in [0.05, 0.1) is 5.56 Å². The number of oxime groups is 1. The number of rotatable bonds is 8. The van der Waals surface area contributed by atoms with E-state index in [9.17, 15) is 19.5 Å². The number of imidazole rings is 1. The summed E-state index contributed by atoms with van der Waals surface area (Å²) in [6, 6.07) is 6.16. The minimum Gasteiger partial charge on any atom is -0.477 e. The number of β-lactam (4-membered cyclic amide) rings is 1. The fraction of sp³-hybridized carbons (Fsp3) is 0.227. The highest BCUT2D eigenvalue weighted by Crippen LogP contribution is 2.40. The lowest BCUT2D eigenvalue weighted by Gasteiger charge is -2.49. The number of nitrogens with one attached hydrogen (secondary N) is 1. The molecule has 3 aromatic rings. The van der Waals surface area contributed by atoms with Crippen molar-refractivity contribution >= 4 is 57.6 Å². The van der Waals surface area contributed by atoms with Gasteiger partial charge < -0.3 is 21.0 Å². The Morgan fingerprint density at radius 2 is 2.21 bits per heavy atom. The Balaban J connectivity index is 1.36. The zero-order valence-corrected chi connectivity index (χ0v) is 21.3. The van der Waals surface area contributed by atoms with Crippen LogP contribution in [0.15, 0.2) is 47.1 Å². The van der Waals surface area contributed by atoms with Gasteiger partial charge >= 0.3 is 5.97 Å². The zero-order valence-electron chi connectivity index (χ0n) is 19.7. The van der Waals surface area contributed by atoms with Crippen molar-refractivity contribution in [1.29, 1.82) is 10.5 Å². The lowest BCUT2D eigenvalue weighted by Crippen LogP contribution is -2.71. The number of aliphatic carboxylic acids is 1. The minimum atomic E-state index is -1.27. The number of nitrogens with zero attached hydrogens (tertiary/aromatic N) is 8. The van der Waals surface area contributed by atoms with Gasteiger partial charge in [-0.05, 0) is 6.07 Å². The molecule has 5 rings (SSSR count). The number of hydrogen-bond acceptors (Lipinski definition) is 12. The average molecular weight is 566 g/mol. The summed E-state index contributed by atoms with van der Waals surface area (Å²) in [4.78, 5) is 48.2. The highest BCUT2D eigenvalue weighted by Gasteiger charge is 2.54. The molecule has 0 bridgehead atoms. The Hall–Kier alpha value is -5.00. The molecule has 1 saturated heterocycles. The van der Waals surface area contributed by atoms with Crippen LogP contribution in [-0.2, 0) is 25.8 Å². The Morgan fingerprint density at radius 3 is 2.90 bits per heavy atom. The summed E-state index contributed by atoms with van der Waals surface area (Å²) < 4.78 is 7.50. The number of amides is 2. The summed E-state index contributed by atoms with van der Waals surface area (Å²) in [7, 11) is 0. The van der Waals surface area contributed by atoms with Crippen LogP contribution in [0.4, 0.5) is 5.13 Å². The molecule has 0 aliphatic carbocycles. The summed E-state index contributed by atoms with van der Waals surface area (Å²) in [6.07, 6.45) is 5.17. The third kappa shape index (κ3) is 4.72. The van der Waals surface area contributed by atoms with E-state index >= 15 is 0 Å². The van der Waals surface area contributed by atoms with Gasteiger partial charge in [0.15, 0.2) is 5.13 Å². The van der Waals surface area contributed by atoms with Crippen molar-refractivity contribution in [2.45, 2.75) is 18.0 Å². The number of aromatic nitrogens is 4. The zero-order chi connectivity index (χ0) is 27.7. The average Bonchev–Trinajstić information content (AvgIpc) is 3.54. The van der Waals surface area contributed by atoms with Crippen molar-refractivity contribution in [3.05, 3.63) is 53.4 Å². The highest BCUT2D eigenvalue weighted by molar-refractivity contribution is 8.00. The standard InChI is InChI=1S/C22H16N10O5S2/c23-3-6-37-28-14(17-27-22(25)39-29-17)18(33)26-15-19(34)32-16(21(35)36)12(10-38-20(15)32)9-31-5-4-30-8-11(7-24)1-2-13(30)31/h1-2,4-5,8,15,20H,6,9-10H2,(H3-,25,26,27,29,33,35,36)/p+1/b28-14-/t15-,20+/m1/s1. The summed E-state index contributed by atoms with van der Waals surface area (Å²) in [5.74, 6) is -2.56. The number of carboxylic acids is 1. The van der Waals surface area contributed by atoms with Crippen LogP contribution >= 0.6 is 23.3 Å². The van der Waals surface area contributed by atoms with Crippen molar-refractivity contribution in [3.63, 3.8) is 0 Å². The molecular formula is C22H17N10O5S2+. The van der Waals surface area contributed by atoms with Crippen molar-refractivity contribution < 1.29 is 28.9 Å². The number of thioether (sulfide) groups is 1. The van der Waals surface area contributed by atoms with Gasteiger partial charge in [-0.25, -0.2) is 13.8 Å². The van der Waals surface area contributed by atoms with Gasteiger partial charge in [0.25, 0.3) is 17.5 Å². The van der Waals surface area contributed by atoms with Crippen LogP contribution in [0, 0.1) is 22.7 Å². The van der Waals surface area contributed by atoms with Gasteiger partial charge in [-0.15, -0.1) is 11.8 Å². The predicted molar refractivity (Wildman–Crippen MR) is 134 cm³/mol. The molecule has 196 valence electrons. The van der Waals surface area contributed by atoms with E-state index in [-0.39, 0.29) is 28.9 Å². The maximum atomic E-state index is 13.1. The predicted octanol–water partition coefficient (Wildman–Crippen LogP) is -0.785. The number of hydrogen-bond donors (Lipinski definition) is 3. The molecule has 5 heterocycles. The van der Waals surface area contributed by atoms with E-state index in [1.807, 2.05) is 4.57 Å². The number of fused-ring (bicyclic) bond motifs is 2. The normalized spacial score (nSPS) is 18.7. The molecule has 4 N–H and O–H groups in total. The summed E-state index contributed by atoms with van der Waals surface area (Å²) in [6.45, 7) is -0.232. The number of nitrogen functional groups attached to an aromatic ring is 1. The van der Waals surface area contributed by atoms with Crippen molar-refractivity contribution in [1.82, 2.24) is 24.0 Å². The topological polar surface area (TPSA) is 216 Å². The lowest BCUT2D eigenvalue weighted by atomic mass is 10.0. The molecule has 39 heavy (non-hydrogen) atoms. The molecular weight excluding hydrogens is 548 g/mol. The van der Waals surface area contributed by atoms with Crippen LogP contribution in [0.2, 0.25) is 0 Å². The number of nitrogens with two attached hydrogens (primary N) is 1. The monoisotopic (exact) mass is 565 g/mol. The number of nitriles is 2. The molecule has 0 unspecified atom stereocenters. The van der Waals surface area contributed by atoms with Crippen LogP contribution < -0.4 is 15.6 Å². The van der Waals surface area contributed by atoms with E-state index in [1.165, 1.54) is 11.8 Å². The molecule has 0 saturated carbocycles. The largest absolute Gasteiger partial charge is 0.477 e. The molecule has 3 aromatic heterocycles. The van der Waals surface area contributed by atoms with E-state index < -0.39 is 35.8 Å². The van der Waals surface area contributed by atoms with Gasteiger partial charge in [-0.1, -0.05) is 5.16 Å². The maximum absolute atomic E-state index is 13.1. The SMILES string of the molecule is N#CCO/N=C(\C(=O)N[C@@H]1C(=O)N2C(C(=O)O)=C(C[n+]3ccn4cc(C#N)ccc43)CS[C@@H]12)c1nsc(N)n1. The maximum Gasteiger partial charge on any atom is 0.352 e. The van der Waals surface area contributed by atoms with Gasteiger partial charge in [0, 0.05) is 28.9 Å². The van der Waals surface area contributed by atoms with Crippen LogP contribution in [0.25, 0.3) is 5.65 Å². The molecule has 2 atom stereocenters. The molecule has 17 heteroatoms. The lowest BCUT2D eigenvalue weighted by molar-refractivity contribution is -0.662. The van der Waals surface area contributed by atoms with Crippen molar-refractivity contribution in [2.24, 2.45) is 5.16 Å². The second-order valence-corrected chi connectivity index (χ2v) is 10.1. The van der Waals surface area contributed by atoms with Crippen LogP contribution in [0.5, 0.6) is 0 Å². The van der Waals surface area contributed by atoms with E-state index in [1.54, 1.807) is 41.2 Å². The first-order chi connectivity index (χ1) is 18.8. The molecule has 2 amide bonds. The number of pyridine rings is 1. The molecule has 1 fully saturated rings. The number of carboxylic acid groups (broad SMARTS) is 1. The molecule has 0 radical (unpaired) electrons. The minimum absolute atomic E-state index is 0.0719. The fourth-order valence-electron chi connectivity index (χ4n) is 4.16. The Morgan fingerprint density at radius 1 is 1.38 bits per heavy atom. The Kier molecular flexibility index (Phi) is 6.84. The molecule has 0 aromatic carbocycles. The number of anilines is 1. The van der Waals surface area contributed by atoms with Gasteiger partial charge in [-0.2, -0.15) is 19.9 Å². The quantitative estimate of drug-likeness (QED) is 0.101. The van der Waals surface area contributed by atoms with Crippen molar-refractivity contribution in [3.8, 4) is 12.1 Å². The van der Waals surface area contributed by atoms with Gasteiger partial charge in [0.1, 0.15) is 54.4 Å². The van der Waals surface area contributed by atoms with E-state index in [0.717, 1.165) is 22.1 Å². The second-order valence-electron chi connectivity index (χ2n) is 8.17. The second kappa shape index (κ2) is 10.4. The van der Waals surface area contributed by atoms with Crippen LogP contribution in [0.1, 0.15) is 11.4 Å². The van der Waals surface area contributed by atoms with Gasteiger partial charge in [-0.3, -0.25) is 14.5 Å². The number of carbonyl (C=O) groups is 3. The Labute approximate surface area is 227 Å². The summed E-state index contributed by atoms with van der Waals surface area (Å²) in [5.41, 5.74) is 6.80. The third-order valence-corrected chi connectivity index (χ3v) is 7.72. The van der Waals surface area contributed by atoms with E-state index in [4.69, 9.17) is 21.1 Å². The van der Waals surface area contributed by atoms with E-state index in [2.05, 4.69) is 25.9 Å². The smallest absolute Gasteiger partial charge is 0.352 e. The summed E-state index contributed by atoms with van der Waals surface area (Å²) in [5, 5.41) is 33.4. The first-order valence-electron chi connectivity index (χ1n) is 11.1. The van der Waals surface area contributed by atoms with Crippen LogP contribution in [0.3, 0.4) is 0 Å². The fourth-order valence-corrected chi connectivity index (χ4v) is 5.93. The Bertz CT molecular complexity index is 1660. The third-order valence-electron chi connectivity index (χ3n) is 5.84. The highest BCUT2D eigenvalue weighted by atomic mass is 32.2. The summed E-state index contributed by atoms with van der Waals surface area (Å²) >= 11 is 2.13. The van der Waals surface area contributed by atoms with E-state index in [0.29, 0.717) is 16.9 Å². The molecule has 2 aliphatic rings. The number of carbonyl (C=O) groups excluding carboxylic acids is 2. The first kappa shape index (κ1) is 25.6. The molecule has 15 nitrogen and oxygen atoms in total. The van der Waals surface area contributed by atoms with Gasteiger partial charge in [0.2, 0.25) is 18.1 Å². The first-order valence-corrected chi connectivity index (χ1v) is 12.9. The molecule has 0 spiro atoms. The van der Waals surface area contributed by atoms with Crippen LogP contribution in [-0.4, -0.2) is 71.0 Å².